The van der Waals surface area contributed by atoms with Crippen molar-refractivity contribution in [1.82, 2.24) is 0 Å². The minimum Gasteiger partial charge on any atom is -0.456 e. The number of fused-ring (bicyclic) bond motifs is 1. The molecule has 0 aromatic rings. The molecule has 1 aliphatic carbocycles. The van der Waals surface area contributed by atoms with E-state index in [0.29, 0.717) is 6.42 Å². The molecule has 6 nitrogen and oxygen atoms in total. The van der Waals surface area contributed by atoms with Crippen LogP contribution in [0.5, 0.6) is 0 Å². The van der Waals surface area contributed by atoms with Crippen molar-refractivity contribution in [2.45, 2.75) is 58.0 Å². The molecule has 0 spiro atoms. The molecule has 0 aromatic heterocycles. The summed E-state index contributed by atoms with van der Waals surface area (Å²) in [4.78, 5) is 23.7. The highest BCUT2D eigenvalue weighted by Gasteiger charge is 2.57. The molecule has 2 aliphatic rings. The Bertz CT molecular complexity index is 391. The summed E-state index contributed by atoms with van der Waals surface area (Å²) < 4.78 is 10.3. The van der Waals surface area contributed by atoms with Crippen LogP contribution in [0, 0.1) is 11.3 Å². The summed E-state index contributed by atoms with van der Waals surface area (Å²) >= 11 is 0. The van der Waals surface area contributed by atoms with Gasteiger partial charge in [0.25, 0.3) is 0 Å². The Morgan fingerprint density at radius 1 is 1.47 bits per heavy atom. The monoisotopic (exact) mass is 272 g/mol. The normalized spacial score (nSPS) is 37.9. The Kier molecular flexibility index (Phi) is 3.57. The second-order valence-electron chi connectivity index (χ2n) is 5.92. The number of carbonyl (C=O) groups excluding carboxylic acids is 2. The first kappa shape index (κ1) is 14.3. The molecule has 1 saturated heterocycles. The minimum atomic E-state index is -1.10. The number of esters is 2. The lowest BCUT2D eigenvalue weighted by Gasteiger charge is -2.23. The van der Waals surface area contributed by atoms with Crippen molar-refractivity contribution < 1.29 is 29.3 Å². The van der Waals surface area contributed by atoms with E-state index in [9.17, 15) is 19.8 Å². The molecule has 19 heavy (non-hydrogen) atoms. The average Bonchev–Trinajstić information content (AvgIpc) is 2.79. The van der Waals surface area contributed by atoms with Crippen LogP contribution in [-0.4, -0.2) is 46.6 Å². The van der Waals surface area contributed by atoms with Gasteiger partial charge in [0.2, 0.25) is 6.10 Å². The van der Waals surface area contributed by atoms with Gasteiger partial charge < -0.3 is 19.7 Å². The smallest absolute Gasteiger partial charge is 0.348 e. The SMILES string of the molecule is CCC(C)(C)C(=O)OC1C(=O)OC2C(O)C(O)CC12. The maximum atomic E-state index is 12.0. The van der Waals surface area contributed by atoms with E-state index < -0.39 is 47.7 Å². The van der Waals surface area contributed by atoms with E-state index >= 15 is 0 Å². The Balaban J connectivity index is 2.09. The van der Waals surface area contributed by atoms with E-state index in [2.05, 4.69) is 0 Å². The fraction of sp³-hybridized carbons (Fsp3) is 0.846. The predicted octanol–water partition coefficient (Wildman–Crippen LogP) is 0.00150. The summed E-state index contributed by atoms with van der Waals surface area (Å²) in [7, 11) is 0. The number of hydrogen-bond acceptors (Lipinski definition) is 6. The van der Waals surface area contributed by atoms with Crippen LogP contribution in [0.4, 0.5) is 0 Å². The molecule has 2 rings (SSSR count). The largest absolute Gasteiger partial charge is 0.456 e. The first-order valence-corrected chi connectivity index (χ1v) is 6.55. The lowest BCUT2D eigenvalue weighted by atomic mass is 9.90. The Labute approximate surface area is 111 Å². The van der Waals surface area contributed by atoms with Crippen molar-refractivity contribution in [3.63, 3.8) is 0 Å². The number of aliphatic hydroxyl groups excluding tert-OH is 2. The zero-order valence-corrected chi connectivity index (χ0v) is 11.3. The van der Waals surface area contributed by atoms with Gasteiger partial charge >= 0.3 is 11.9 Å². The van der Waals surface area contributed by atoms with Crippen LogP contribution in [0.15, 0.2) is 0 Å². The Morgan fingerprint density at radius 3 is 2.68 bits per heavy atom. The predicted molar refractivity (Wildman–Crippen MR) is 64.0 cm³/mol. The van der Waals surface area contributed by atoms with Crippen molar-refractivity contribution in [3.05, 3.63) is 0 Å². The lowest BCUT2D eigenvalue weighted by Crippen LogP contribution is -2.35. The highest BCUT2D eigenvalue weighted by Crippen LogP contribution is 2.39. The molecule has 1 saturated carbocycles. The summed E-state index contributed by atoms with van der Waals surface area (Å²) in [5.41, 5.74) is -0.672. The highest BCUT2D eigenvalue weighted by molar-refractivity contribution is 5.83. The average molecular weight is 272 g/mol. The topological polar surface area (TPSA) is 93.1 Å². The summed E-state index contributed by atoms with van der Waals surface area (Å²) in [6.07, 6.45) is -3.05. The Morgan fingerprint density at radius 2 is 2.11 bits per heavy atom. The summed E-state index contributed by atoms with van der Waals surface area (Å²) in [5.74, 6) is -1.57. The second-order valence-corrected chi connectivity index (χ2v) is 5.92. The number of ether oxygens (including phenoxy) is 2. The molecular formula is C13H20O6. The molecule has 1 aliphatic heterocycles. The molecule has 6 heteroatoms. The van der Waals surface area contributed by atoms with Gasteiger partial charge in [-0.05, 0) is 26.7 Å². The maximum Gasteiger partial charge on any atom is 0.348 e. The van der Waals surface area contributed by atoms with Gasteiger partial charge in [-0.25, -0.2) is 4.79 Å². The van der Waals surface area contributed by atoms with Crippen molar-refractivity contribution in [1.29, 1.82) is 0 Å². The van der Waals surface area contributed by atoms with Gasteiger partial charge in [0.05, 0.1) is 11.5 Å². The fourth-order valence-corrected chi connectivity index (χ4v) is 2.41. The standard InChI is InChI=1S/C13H20O6/c1-4-13(2,3)12(17)19-10-6-5-7(14)8(15)9(6)18-11(10)16/h6-10,14-15H,4-5H2,1-3H3. The van der Waals surface area contributed by atoms with Gasteiger partial charge in [-0.3, -0.25) is 4.79 Å². The lowest BCUT2D eigenvalue weighted by molar-refractivity contribution is -0.170. The number of carbonyl (C=O) groups is 2. The number of aliphatic hydroxyl groups is 2. The van der Waals surface area contributed by atoms with Gasteiger partial charge in [0.15, 0.2) is 0 Å². The number of hydrogen-bond donors (Lipinski definition) is 2. The van der Waals surface area contributed by atoms with Crippen molar-refractivity contribution >= 4 is 11.9 Å². The van der Waals surface area contributed by atoms with Crippen LogP contribution < -0.4 is 0 Å². The molecule has 5 unspecified atom stereocenters. The number of rotatable bonds is 3. The molecule has 0 amide bonds. The first-order valence-electron chi connectivity index (χ1n) is 6.55. The highest BCUT2D eigenvalue weighted by atomic mass is 16.6. The first-order chi connectivity index (χ1) is 8.77. The van der Waals surface area contributed by atoms with E-state index in [1.807, 2.05) is 6.92 Å². The van der Waals surface area contributed by atoms with Gasteiger partial charge in [-0.15, -0.1) is 0 Å². The quantitative estimate of drug-likeness (QED) is 0.703. The van der Waals surface area contributed by atoms with E-state index in [-0.39, 0.29) is 6.42 Å². The summed E-state index contributed by atoms with van der Waals surface area (Å²) in [6, 6.07) is 0. The van der Waals surface area contributed by atoms with Gasteiger partial charge in [-0.2, -0.15) is 0 Å². The minimum absolute atomic E-state index is 0.197. The van der Waals surface area contributed by atoms with Crippen LogP contribution in [0.25, 0.3) is 0 Å². The summed E-state index contributed by atoms with van der Waals surface area (Å²) in [6.45, 7) is 5.34. The third-order valence-electron chi connectivity index (χ3n) is 4.21. The van der Waals surface area contributed by atoms with Gasteiger partial charge in [0, 0.05) is 5.92 Å². The third kappa shape index (κ3) is 2.34. The molecule has 0 radical (unpaired) electrons. The molecule has 2 fully saturated rings. The van der Waals surface area contributed by atoms with E-state index in [4.69, 9.17) is 9.47 Å². The molecular weight excluding hydrogens is 252 g/mol. The van der Waals surface area contributed by atoms with E-state index in [1.54, 1.807) is 13.8 Å². The summed E-state index contributed by atoms with van der Waals surface area (Å²) in [5, 5.41) is 19.2. The van der Waals surface area contributed by atoms with Crippen molar-refractivity contribution in [2.75, 3.05) is 0 Å². The van der Waals surface area contributed by atoms with Gasteiger partial charge in [-0.1, -0.05) is 6.92 Å². The van der Waals surface area contributed by atoms with Crippen LogP contribution >= 0.6 is 0 Å². The molecule has 2 N–H and O–H groups in total. The molecule has 5 atom stereocenters. The van der Waals surface area contributed by atoms with Crippen molar-refractivity contribution in [3.8, 4) is 0 Å². The second kappa shape index (κ2) is 4.76. The molecule has 1 heterocycles. The Hall–Kier alpha value is -1.14. The fourth-order valence-electron chi connectivity index (χ4n) is 2.41. The van der Waals surface area contributed by atoms with E-state index in [0.717, 1.165) is 0 Å². The van der Waals surface area contributed by atoms with Crippen molar-refractivity contribution in [2.24, 2.45) is 11.3 Å². The maximum absolute atomic E-state index is 12.0. The zero-order chi connectivity index (χ0) is 14.4. The van der Waals surface area contributed by atoms with Crippen LogP contribution in [0.1, 0.15) is 33.6 Å². The van der Waals surface area contributed by atoms with Gasteiger partial charge in [0.1, 0.15) is 12.2 Å². The third-order valence-corrected chi connectivity index (χ3v) is 4.21. The van der Waals surface area contributed by atoms with Crippen LogP contribution in [-0.2, 0) is 19.1 Å². The van der Waals surface area contributed by atoms with Crippen LogP contribution in [0.2, 0.25) is 0 Å². The zero-order valence-electron chi connectivity index (χ0n) is 11.3. The van der Waals surface area contributed by atoms with E-state index in [1.165, 1.54) is 0 Å². The molecule has 0 bridgehead atoms. The molecule has 0 aromatic carbocycles. The van der Waals surface area contributed by atoms with Crippen LogP contribution in [0.3, 0.4) is 0 Å². The molecule has 108 valence electrons.